The molecule has 0 aromatic rings. The Hall–Kier alpha value is -2.84. The van der Waals surface area contributed by atoms with Gasteiger partial charge >= 0.3 is 12.1 Å². The van der Waals surface area contributed by atoms with Crippen molar-refractivity contribution in [2.24, 2.45) is 16.7 Å². The molecule has 0 aromatic heterocycles. The van der Waals surface area contributed by atoms with Crippen molar-refractivity contribution in [2.75, 3.05) is 13.6 Å². The zero-order chi connectivity index (χ0) is 28.8. The quantitative estimate of drug-likeness (QED) is 0.535. The van der Waals surface area contributed by atoms with Gasteiger partial charge in [-0.1, -0.05) is 27.2 Å². The van der Waals surface area contributed by atoms with E-state index in [1.54, 1.807) is 32.7 Å². The Morgan fingerprint density at radius 1 is 1.13 bits per heavy atom. The Bertz CT molecular complexity index is 1030. The van der Waals surface area contributed by atoms with E-state index < -0.39 is 53.4 Å². The molecule has 9 nitrogen and oxygen atoms in total. The molecule has 3 rings (SSSR count). The molecule has 38 heavy (non-hydrogen) atoms. The third-order valence-corrected chi connectivity index (χ3v) is 8.48. The highest BCUT2D eigenvalue weighted by atomic mass is 19.4. The van der Waals surface area contributed by atoms with Gasteiger partial charge in [0.2, 0.25) is 17.7 Å². The van der Waals surface area contributed by atoms with Gasteiger partial charge in [-0.3, -0.25) is 19.2 Å². The number of hydrogen-bond acceptors (Lipinski definition) is 5. The molecule has 0 bridgehead atoms. The first kappa shape index (κ1) is 29.7. The van der Waals surface area contributed by atoms with Crippen LogP contribution in [0.2, 0.25) is 0 Å². The molecule has 12 heteroatoms. The van der Waals surface area contributed by atoms with Crippen molar-refractivity contribution in [1.82, 2.24) is 20.4 Å². The number of amides is 4. The van der Waals surface area contributed by atoms with Crippen molar-refractivity contribution in [3.63, 3.8) is 0 Å². The molecule has 0 radical (unpaired) electrons. The van der Waals surface area contributed by atoms with Crippen LogP contribution in [-0.4, -0.2) is 76.9 Å². The summed E-state index contributed by atoms with van der Waals surface area (Å²) in [6.07, 6.45) is -1.74. The molecular formula is C26H38F3N5O4. The summed E-state index contributed by atoms with van der Waals surface area (Å²) in [6, 6.07) is -1.44. The van der Waals surface area contributed by atoms with E-state index in [0.29, 0.717) is 12.8 Å². The Kier molecular flexibility index (Phi) is 7.85. The number of alkyl halides is 3. The molecule has 4 atom stereocenters. The molecule has 0 aromatic carbocycles. The maximum atomic E-state index is 13.6. The van der Waals surface area contributed by atoms with Crippen molar-refractivity contribution in [1.29, 1.82) is 5.26 Å². The van der Waals surface area contributed by atoms with Crippen molar-refractivity contribution in [3.8, 4) is 6.07 Å². The highest BCUT2D eigenvalue weighted by Crippen LogP contribution is 2.50. The molecule has 3 fully saturated rings. The van der Waals surface area contributed by atoms with E-state index in [2.05, 4.69) is 5.32 Å². The number of halogens is 3. The molecule has 3 unspecified atom stereocenters. The Morgan fingerprint density at radius 3 is 2.16 bits per heavy atom. The molecular weight excluding hydrogens is 503 g/mol. The third-order valence-electron chi connectivity index (χ3n) is 8.48. The van der Waals surface area contributed by atoms with Crippen LogP contribution in [0.25, 0.3) is 0 Å². The van der Waals surface area contributed by atoms with Crippen molar-refractivity contribution in [2.45, 2.75) is 103 Å². The number of nitrogens with zero attached hydrogens (tertiary/aromatic N) is 3. The van der Waals surface area contributed by atoms with Gasteiger partial charge in [0.05, 0.1) is 6.07 Å². The first-order chi connectivity index (χ1) is 17.3. The third kappa shape index (κ3) is 5.91. The molecule has 3 aliphatic rings. The number of rotatable bonds is 6. The van der Waals surface area contributed by atoms with E-state index in [4.69, 9.17) is 0 Å². The standard InChI is InChI=1S/C26H38F3N5O4/c1-23(2,3)18(32-22(38)26(27,28)29)21(37)34-14-25(8-7-9-25)12-17(34)19(35)31-16(13-30)10-15-11-24(4,5)33(6)20(15)36/h15-18H,7-12,14H2,1-6H3,(H,31,35)(H,32,38)/t15-,16?,17?,18?/m1/s1. The summed E-state index contributed by atoms with van der Waals surface area (Å²) >= 11 is 0. The summed E-state index contributed by atoms with van der Waals surface area (Å²) in [5, 5.41) is 14.3. The van der Waals surface area contributed by atoms with Crippen LogP contribution in [0.3, 0.4) is 0 Å². The molecule has 212 valence electrons. The Balaban J connectivity index is 1.79. The van der Waals surface area contributed by atoms with E-state index in [-0.39, 0.29) is 29.8 Å². The van der Waals surface area contributed by atoms with Crippen LogP contribution in [-0.2, 0) is 19.2 Å². The zero-order valence-corrected chi connectivity index (χ0v) is 22.9. The average Bonchev–Trinajstić information content (AvgIpc) is 3.27. The van der Waals surface area contributed by atoms with Crippen molar-refractivity contribution >= 4 is 23.6 Å². The number of hydrogen-bond donors (Lipinski definition) is 2. The predicted molar refractivity (Wildman–Crippen MR) is 131 cm³/mol. The van der Waals surface area contributed by atoms with E-state index in [0.717, 1.165) is 19.3 Å². The fourth-order valence-corrected chi connectivity index (χ4v) is 5.87. The van der Waals surface area contributed by atoms with Gasteiger partial charge in [0.15, 0.2) is 0 Å². The van der Waals surface area contributed by atoms with Crippen LogP contribution in [0.5, 0.6) is 0 Å². The average molecular weight is 542 g/mol. The van der Waals surface area contributed by atoms with Crippen LogP contribution in [0.15, 0.2) is 0 Å². The van der Waals surface area contributed by atoms with Gasteiger partial charge in [-0.05, 0) is 56.8 Å². The molecule has 1 aliphatic carbocycles. The summed E-state index contributed by atoms with van der Waals surface area (Å²) in [5.41, 5.74) is -1.75. The van der Waals surface area contributed by atoms with Gasteiger partial charge in [0, 0.05) is 25.0 Å². The number of likely N-dealkylation sites (tertiary alicyclic amines) is 2. The summed E-state index contributed by atoms with van der Waals surface area (Å²) < 4.78 is 39.1. The number of carbonyl (C=O) groups is 4. The summed E-state index contributed by atoms with van der Waals surface area (Å²) in [6.45, 7) is 8.66. The lowest BCUT2D eigenvalue weighted by Gasteiger charge is -2.39. The van der Waals surface area contributed by atoms with Gasteiger partial charge in [0.1, 0.15) is 18.1 Å². The van der Waals surface area contributed by atoms with Crippen LogP contribution in [0.1, 0.15) is 73.1 Å². The lowest BCUT2D eigenvalue weighted by molar-refractivity contribution is -0.176. The van der Waals surface area contributed by atoms with Crippen molar-refractivity contribution in [3.05, 3.63) is 0 Å². The molecule has 2 N–H and O–H groups in total. The minimum atomic E-state index is -5.17. The highest BCUT2D eigenvalue weighted by Gasteiger charge is 2.54. The van der Waals surface area contributed by atoms with Gasteiger partial charge in [-0.2, -0.15) is 18.4 Å². The maximum absolute atomic E-state index is 13.6. The molecule has 1 spiro atoms. The molecule has 4 amide bonds. The van der Waals surface area contributed by atoms with Crippen LogP contribution in [0, 0.1) is 28.1 Å². The Labute approximate surface area is 221 Å². The summed E-state index contributed by atoms with van der Waals surface area (Å²) in [4.78, 5) is 54.4. The van der Waals surface area contributed by atoms with Crippen LogP contribution >= 0.6 is 0 Å². The fourth-order valence-electron chi connectivity index (χ4n) is 5.87. The van der Waals surface area contributed by atoms with Gasteiger partial charge in [-0.15, -0.1) is 0 Å². The topological polar surface area (TPSA) is 123 Å². The van der Waals surface area contributed by atoms with Gasteiger partial charge < -0.3 is 20.4 Å². The Morgan fingerprint density at radius 2 is 1.74 bits per heavy atom. The number of carbonyl (C=O) groups excluding carboxylic acids is 4. The highest BCUT2D eigenvalue weighted by molar-refractivity contribution is 5.94. The summed E-state index contributed by atoms with van der Waals surface area (Å²) in [5.74, 6) is -4.11. The largest absolute Gasteiger partial charge is 0.471 e. The van der Waals surface area contributed by atoms with Crippen molar-refractivity contribution < 1.29 is 32.3 Å². The van der Waals surface area contributed by atoms with E-state index in [1.807, 2.05) is 25.2 Å². The number of nitrogens with one attached hydrogen (secondary N) is 2. The lowest BCUT2D eigenvalue weighted by Crippen LogP contribution is -2.59. The maximum Gasteiger partial charge on any atom is 0.471 e. The summed E-state index contributed by atoms with van der Waals surface area (Å²) in [7, 11) is 1.70. The predicted octanol–water partition coefficient (Wildman–Crippen LogP) is 2.51. The van der Waals surface area contributed by atoms with E-state index in [9.17, 15) is 37.6 Å². The lowest BCUT2D eigenvalue weighted by atomic mass is 9.67. The smallest absolute Gasteiger partial charge is 0.340 e. The fraction of sp³-hybridized carbons (Fsp3) is 0.808. The monoisotopic (exact) mass is 541 g/mol. The number of nitriles is 1. The normalized spacial score (nSPS) is 25.9. The second-order valence-electron chi connectivity index (χ2n) is 12.8. The zero-order valence-electron chi connectivity index (χ0n) is 22.9. The molecule has 2 heterocycles. The second kappa shape index (κ2) is 10.0. The van der Waals surface area contributed by atoms with E-state index in [1.165, 1.54) is 4.90 Å². The molecule has 2 aliphatic heterocycles. The first-order valence-electron chi connectivity index (χ1n) is 13.0. The first-order valence-corrected chi connectivity index (χ1v) is 13.0. The second-order valence-corrected chi connectivity index (χ2v) is 12.8. The van der Waals surface area contributed by atoms with Gasteiger partial charge in [-0.25, -0.2) is 0 Å². The van der Waals surface area contributed by atoms with Crippen LogP contribution < -0.4 is 10.6 Å². The van der Waals surface area contributed by atoms with Crippen LogP contribution in [0.4, 0.5) is 13.2 Å². The molecule has 2 saturated heterocycles. The molecule has 1 saturated carbocycles. The van der Waals surface area contributed by atoms with E-state index >= 15 is 0 Å². The minimum Gasteiger partial charge on any atom is -0.340 e. The SMILES string of the molecule is CN1C(=O)[C@H](CC(C#N)NC(=O)C2CC3(CCC3)CN2C(=O)C(NC(=O)C(F)(F)F)C(C)(C)C)CC1(C)C. The minimum absolute atomic E-state index is 0.107. The van der Waals surface area contributed by atoms with Gasteiger partial charge in [0.25, 0.3) is 0 Å².